The van der Waals surface area contributed by atoms with Gasteiger partial charge >= 0.3 is 12.1 Å². The predicted octanol–water partition coefficient (Wildman–Crippen LogP) is 4.40. The molecule has 0 radical (unpaired) electrons. The number of nitrogens with two attached hydrogens (primary N) is 1. The van der Waals surface area contributed by atoms with Crippen molar-refractivity contribution in [3.8, 4) is 5.75 Å². The summed E-state index contributed by atoms with van der Waals surface area (Å²) in [5.41, 5.74) is 5.38. The second-order valence-electron chi connectivity index (χ2n) is 6.98. The third kappa shape index (κ3) is 5.65. The molecule has 1 aliphatic rings. The molecule has 1 aliphatic carbocycles. The number of halogens is 3. The highest BCUT2D eigenvalue weighted by atomic mass is 19.4. The molecule has 0 heterocycles. The fourth-order valence-electron chi connectivity index (χ4n) is 3.13. The second kappa shape index (κ2) is 9.06. The molecule has 0 aromatic heterocycles. The van der Waals surface area contributed by atoms with E-state index in [-0.39, 0.29) is 28.8 Å². The first-order valence-electron chi connectivity index (χ1n) is 9.43. The largest absolute Gasteiger partial charge is 0.482 e. The molecule has 2 aromatic rings. The average molecular weight is 422 g/mol. The summed E-state index contributed by atoms with van der Waals surface area (Å²) in [6, 6.07) is 8.60. The Morgan fingerprint density at radius 3 is 2.53 bits per heavy atom. The van der Waals surface area contributed by atoms with Gasteiger partial charge in [-0.2, -0.15) is 13.2 Å². The van der Waals surface area contributed by atoms with Crippen LogP contribution in [0, 0.1) is 0 Å². The van der Waals surface area contributed by atoms with Crippen molar-refractivity contribution in [3.63, 3.8) is 0 Å². The molecule has 2 aromatic carbocycles. The molecule has 0 spiro atoms. The van der Waals surface area contributed by atoms with Crippen LogP contribution in [0.15, 0.2) is 42.5 Å². The van der Waals surface area contributed by atoms with Crippen LogP contribution in [0.1, 0.15) is 41.6 Å². The molecule has 0 bridgehead atoms. The lowest BCUT2D eigenvalue weighted by Crippen LogP contribution is -2.21. The number of benzene rings is 2. The van der Waals surface area contributed by atoms with Gasteiger partial charge in [0.2, 0.25) is 0 Å². The molecule has 1 saturated carbocycles. The van der Waals surface area contributed by atoms with Crippen LogP contribution in [0.4, 0.5) is 24.5 Å². The molecular weight excluding hydrogens is 401 g/mol. The second-order valence-corrected chi connectivity index (χ2v) is 6.98. The summed E-state index contributed by atoms with van der Waals surface area (Å²) in [4.78, 5) is 24.3. The van der Waals surface area contributed by atoms with Crippen LogP contribution in [0.25, 0.3) is 0 Å². The number of nitrogen functional groups attached to an aromatic ring is 1. The number of nitrogens with one attached hydrogen (secondary N) is 1. The number of alkyl halides is 3. The van der Waals surface area contributed by atoms with Crippen LogP contribution < -0.4 is 15.8 Å². The first kappa shape index (κ1) is 21.5. The maximum absolute atomic E-state index is 12.8. The first-order chi connectivity index (χ1) is 14.2. The van der Waals surface area contributed by atoms with E-state index < -0.39 is 30.2 Å². The number of esters is 1. The van der Waals surface area contributed by atoms with E-state index in [2.05, 4.69) is 5.32 Å². The summed E-state index contributed by atoms with van der Waals surface area (Å²) >= 11 is 0. The topological polar surface area (TPSA) is 90.7 Å². The van der Waals surface area contributed by atoms with Crippen molar-refractivity contribution in [1.29, 1.82) is 0 Å². The van der Waals surface area contributed by atoms with E-state index in [0.29, 0.717) is 0 Å². The van der Waals surface area contributed by atoms with Crippen LogP contribution in [0.2, 0.25) is 0 Å². The van der Waals surface area contributed by atoms with Gasteiger partial charge in [0.25, 0.3) is 5.91 Å². The molecule has 0 atom stereocenters. The average Bonchev–Trinajstić information content (AvgIpc) is 3.20. The van der Waals surface area contributed by atoms with Gasteiger partial charge < -0.3 is 20.5 Å². The number of hydrogen-bond acceptors (Lipinski definition) is 5. The van der Waals surface area contributed by atoms with Gasteiger partial charge in [-0.3, -0.25) is 4.79 Å². The molecule has 6 nitrogen and oxygen atoms in total. The molecule has 30 heavy (non-hydrogen) atoms. The van der Waals surface area contributed by atoms with E-state index in [0.717, 1.165) is 37.8 Å². The number of ether oxygens (including phenoxy) is 2. The van der Waals surface area contributed by atoms with E-state index in [1.807, 2.05) is 0 Å². The summed E-state index contributed by atoms with van der Waals surface area (Å²) in [5, 5.41) is 2.33. The van der Waals surface area contributed by atoms with Crippen molar-refractivity contribution >= 4 is 23.3 Å². The van der Waals surface area contributed by atoms with Crippen LogP contribution in [-0.4, -0.2) is 24.6 Å². The third-order valence-corrected chi connectivity index (χ3v) is 4.66. The number of amides is 1. The maximum atomic E-state index is 12.8. The zero-order valence-corrected chi connectivity index (χ0v) is 16.0. The highest BCUT2D eigenvalue weighted by Gasteiger charge is 2.30. The number of carbonyl (C=O) groups is 2. The number of carbonyl (C=O) groups excluding carboxylic acids is 2. The van der Waals surface area contributed by atoms with Gasteiger partial charge in [-0.25, -0.2) is 4.79 Å². The van der Waals surface area contributed by atoms with E-state index in [1.54, 1.807) is 0 Å². The van der Waals surface area contributed by atoms with Crippen LogP contribution in [0.3, 0.4) is 0 Å². The van der Waals surface area contributed by atoms with Crippen LogP contribution in [0.5, 0.6) is 5.75 Å². The molecule has 0 unspecified atom stereocenters. The molecule has 3 N–H and O–H groups in total. The number of rotatable bonds is 6. The third-order valence-electron chi connectivity index (χ3n) is 4.66. The van der Waals surface area contributed by atoms with Crippen molar-refractivity contribution < 1.29 is 32.2 Å². The van der Waals surface area contributed by atoms with Crippen molar-refractivity contribution in [2.75, 3.05) is 17.7 Å². The van der Waals surface area contributed by atoms with Gasteiger partial charge in [-0.15, -0.1) is 0 Å². The fourth-order valence-corrected chi connectivity index (χ4v) is 3.13. The summed E-state index contributed by atoms with van der Waals surface area (Å²) in [6.45, 7) is -0.498. The summed E-state index contributed by atoms with van der Waals surface area (Å²) in [5.74, 6) is -1.07. The smallest absolute Gasteiger partial charge is 0.416 e. The summed E-state index contributed by atoms with van der Waals surface area (Å²) in [7, 11) is 0. The highest BCUT2D eigenvalue weighted by Crippen LogP contribution is 2.31. The minimum Gasteiger partial charge on any atom is -0.482 e. The Morgan fingerprint density at radius 2 is 1.83 bits per heavy atom. The van der Waals surface area contributed by atoms with Gasteiger partial charge in [0.05, 0.1) is 16.8 Å². The van der Waals surface area contributed by atoms with Gasteiger partial charge in [0.1, 0.15) is 11.9 Å². The lowest BCUT2D eigenvalue weighted by molar-refractivity contribution is -0.137. The molecule has 1 fully saturated rings. The summed E-state index contributed by atoms with van der Waals surface area (Å²) < 4.78 is 49.1. The first-order valence-corrected chi connectivity index (χ1v) is 9.43. The zero-order chi connectivity index (χ0) is 21.7. The Bertz CT molecular complexity index is 925. The SMILES string of the molecule is Nc1ccc(C(=O)OC2CCCC2)cc1OCC(=O)Nc1cccc(C(F)(F)F)c1. The molecular formula is C21H21F3N2O4. The van der Waals surface area contributed by atoms with Crippen molar-refractivity contribution in [2.24, 2.45) is 0 Å². The molecule has 0 aliphatic heterocycles. The minimum atomic E-state index is -4.51. The molecule has 1 amide bonds. The van der Waals surface area contributed by atoms with E-state index in [9.17, 15) is 22.8 Å². The van der Waals surface area contributed by atoms with Gasteiger partial charge in [-0.1, -0.05) is 6.07 Å². The Balaban J connectivity index is 1.59. The standard InChI is InChI=1S/C21H21F3N2O4/c22-21(23,24)14-4-3-5-15(11-14)26-19(27)12-29-18-10-13(8-9-17(18)25)20(28)30-16-6-1-2-7-16/h3-5,8-11,16H,1-2,6-7,12,25H2,(H,26,27). The van der Waals surface area contributed by atoms with Crippen molar-refractivity contribution in [1.82, 2.24) is 0 Å². The predicted molar refractivity (Wildman–Crippen MR) is 104 cm³/mol. The lowest BCUT2D eigenvalue weighted by Gasteiger charge is -2.14. The Kier molecular flexibility index (Phi) is 6.49. The molecule has 3 rings (SSSR count). The zero-order valence-electron chi connectivity index (χ0n) is 16.0. The van der Waals surface area contributed by atoms with Gasteiger partial charge in [-0.05, 0) is 62.1 Å². The van der Waals surface area contributed by atoms with Crippen molar-refractivity contribution in [2.45, 2.75) is 38.0 Å². The van der Waals surface area contributed by atoms with Gasteiger partial charge in [0, 0.05) is 5.69 Å². The van der Waals surface area contributed by atoms with Gasteiger partial charge in [0.15, 0.2) is 6.61 Å². The normalized spacial score (nSPS) is 14.4. The minimum absolute atomic E-state index is 0.0136. The van der Waals surface area contributed by atoms with Crippen LogP contribution >= 0.6 is 0 Å². The maximum Gasteiger partial charge on any atom is 0.416 e. The van der Waals surface area contributed by atoms with Crippen LogP contribution in [-0.2, 0) is 15.7 Å². The fraction of sp³-hybridized carbons (Fsp3) is 0.333. The Morgan fingerprint density at radius 1 is 1.10 bits per heavy atom. The van der Waals surface area contributed by atoms with E-state index >= 15 is 0 Å². The monoisotopic (exact) mass is 422 g/mol. The van der Waals surface area contributed by atoms with E-state index in [1.165, 1.54) is 30.3 Å². The summed E-state index contributed by atoms with van der Waals surface area (Å²) in [6.07, 6.45) is -0.902. The number of anilines is 2. The molecule has 160 valence electrons. The lowest BCUT2D eigenvalue weighted by atomic mass is 10.2. The van der Waals surface area contributed by atoms with E-state index in [4.69, 9.17) is 15.2 Å². The molecule has 0 saturated heterocycles. The Labute approximate surface area is 171 Å². The Hall–Kier alpha value is -3.23. The highest BCUT2D eigenvalue weighted by molar-refractivity contribution is 5.92. The van der Waals surface area contributed by atoms with Crippen molar-refractivity contribution in [3.05, 3.63) is 53.6 Å². The quantitative estimate of drug-likeness (QED) is 0.532. The number of hydrogen-bond donors (Lipinski definition) is 2. The molecule has 9 heteroatoms.